The van der Waals surface area contributed by atoms with Crippen molar-refractivity contribution in [1.29, 1.82) is 0 Å². The van der Waals surface area contributed by atoms with E-state index in [1.54, 1.807) is 31.2 Å². The van der Waals surface area contributed by atoms with Gasteiger partial charge < -0.3 is 10.4 Å². The van der Waals surface area contributed by atoms with Crippen molar-refractivity contribution in [3.8, 4) is 0 Å². The smallest absolute Gasteiger partial charge is 0.326 e. The van der Waals surface area contributed by atoms with E-state index >= 15 is 0 Å². The highest BCUT2D eigenvalue weighted by Gasteiger charge is 2.45. The average molecular weight is 374 g/mol. The van der Waals surface area contributed by atoms with Crippen molar-refractivity contribution in [2.45, 2.75) is 52.6 Å². The molecule has 1 aliphatic rings. The van der Waals surface area contributed by atoms with Crippen LogP contribution >= 0.6 is 0 Å². The Kier molecular flexibility index (Phi) is 6.36. The maximum absolute atomic E-state index is 12.9. The Bertz CT molecular complexity index is 723. The number of hydrogen-bond donors (Lipinski definition) is 2. The highest BCUT2D eigenvalue weighted by atomic mass is 16.4. The fourth-order valence-electron chi connectivity index (χ4n) is 3.26. The number of rotatable bonds is 8. The Morgan fingerprint density at radius 3 is 2.00 bits per heavy atom. The molecule has 0 spiro atoms. The highest BCUT2D eigenvalue weighted by Crippen LogP contribution is 2.28. The topological polar surface area (TPSA) is 104 Å². The normalized spacial score (nSPS) is 16.9. The first-order valence-corrected chi connectivity index (χ1v) is 9.19. The van der Waals surface area contributed by atoms with Crippen LogP contribution in [0.25, 0.3) is 0 Å². The minimum absolute atomic E-state index is 0.0627. The molecule has 1 heterocycles. The molecule has 0 unspecified atom stereocenters. The zero-order chi connectivity index (χ0) is 20.3. The number of nitrogens with zero attached hydrogens (tertiary/aromatic N) is 1. The predicted molar refractivity (Wildman–Crippen MR) is 99.2 cm³/mol. The lowest BCUT2D eigenvalue weighted by atomic mass is 9.95. The summed E-state index contributed by atoms with van der Waals surface area (Å²) < 4.78 is 0. The van der Waals surface area contributed by atoms with Gasteiger partial charge in [0.15, 0.2) is 0 Å². The van der Waals surface area contributed by atoms with Gasteiger partial charge in [-0.05, 0) is 30.4 Å². The summed E-state index contributed by atoms with van der Waals surface area (Å²) >= 11 is 0. The molecular formula is C20H26N2O5. The molecule has 0 aromatic heterocycles. The van der Waals surface area contributed by atoms with E-state index in [1.165, 1.54) is 0 Å². The van der Waals surface area contributed by atoms with Crippen LogP contribution < -0.4 is 5.32 Å². The molecule has 2 N–H and O–H groups in total. The summed E-state index contributed by atoms with van der Waals surface area (Å²) in [6.07, 6.45) is 0.809. The second-order valence-electron chi connectivity index (χ2n) is 7.39. The first-order chi connectivity index (χ1) is 12.7. The van der Waals surface area contributed by atoms with Gasteiger partial charge in [0.05, 0.1) is 11.1 Å². The predicted octanol–water partition coefficient (Wildman–Crippen LogP) is 2.31. The van der Waals surface area contributed by atoms with Gasteiger partial charge in [-0.15, -0.1) is 0 Å². The number of imide groups is 1. The Balaban J connectivity index is 2.33. The molecule has 2 rings (SSSR count). The molecule has 1 aliphatic heterocycles. The number of fused-ring (bicyclic) bond motifs is 1. The minimum atomic E-state index is -1.14. The monoisotopic (exact) mass is 374 g/mol. The molecule has 146 valence electrons. The van der Waals surface area contributed by atoms with Crippen LogP contribution in [0.5, 0.6) is 0 Å². The van der Waals surface area contributed by atoms with Crippen LogP contribution in [0.1, 0.15) is 61.3 Å². The van der Waals surface area contributed by atoms with E-state index in [2.05, 4.69) is 5.32 Å². The van der Waals surface area contributed by atoms with Crippen molar-refractivity contribution in [3.05, 3.63) is 35.4 Å². The molecule has 0 fully saturated rings. The number of carbonyl (C=O) groups is 4. The highest BCUT2D eigenvalue weighted by molar-refractivity contribution is 6.22. The van der Waals surface area contributed by atoms with Crippen molar-refractivity contribution < 1.29 is 24.3 Å². The van der Waals surface area contributed by atoms with Crippen LogP contribution in [0.2, 0.25) is 0 Å². The molecule has 7 nitrogen and oxygen atoms in total. The molecule has 1 aromatic carbocycles. The van der Waals surface area contributed by atoms with Crippen molar-refractivity contribution in [1.82, 2.24) is 10.2 Å². The summed E-state index contributed by atoms with van der Waals surface area (Å²) in [5, 5.41) is 11.9. The lowest BCUT2D eigenvalue weighted by molar-refractivity contribution is -0.143. The summed E-state index contributed by atoms with van der Waals surface area (Å²) in [6, 6.07) is 4.31. The molecule has 3 amide bonds. The molecule has 0 aliphatic carbocycles. The van der Waals surface area contributed by atoms with Crippen molar-refractivity contribution in [2.24, 2.45) is 11.8 Å². The number of carboxylic acids is 1. The number of carboxylic acid groups (broad SMARTS) is 1. The number of carbonyl (C=O) groups excluding carboxylic acids is 3. The van der Waals surface area contributed by atoms with E-state index in [0.29, 0.717) is 6.42 Å². The minimum Gasteiger partial charge on any atom is -0.480 e. The molecule has 0 bridgehead atoms. The second-order valence-corrected chi connectivity index (χ2v) is 7.39. The van der Waals surface area contributed by atoms with E-state index in [9.17, 15) is 24.3 Å². The van der Waals surface area contributed by atoms with Crippen molar-refractivity contribution in [3.63, 3.8) is 0 Å². The van der Waals surface area contributed by atoms with E-state index < -0.39 is 35.8 Å². The van der Waals surface area contributed by atoms with Gasteiger partial charge in [0.25, 0.3) is 11.8 Å². The van der Waals surface area contributed by atoms with Crippen LogP contribution in [-0.4, -0.2) is 45.8 Å². The van der Waals surface area contributed by atoms with Crippen LogP contribution in [0, 0.1) is 11.8 Å². The first-order valence-electron chi connectivity index (χ1n) is 9.19. The molecule has 0 radical (unpaired) electrons. The zero-order valence-corrected chi connectivity index (χ0v) is 16.1. The number of benzene rings is 1. The molecule has 3 atom stereocenters. The third-order valence-electron chi connectivity index (χ3n) is 4.88. The summed E-state index contributed by atoms with van der Waals surface area (Å²) in [5.41, 5.74) is 0.529. The third kappa shape index (κ3) is 4.18. The molecule has 7 heteroatoms. The maximum Gasteiger partial charge on any atom is 0.326 e. The van der Waals surface area contributed by atoms with E-state index in [0.717, 1.165) is 4.90 Å². The maximum atomic E-state index is 12.9. The Morgan fingerprint density at radius 2 is 1.59 bits per heavy atom. The van der Waals surface area contributed by atoms with E-state index in [-0.39, 0.29) is 29.4 Å². The van der Waals surface area contributed by atoms with Gasteiger partial charge in [-0.1, -0.05) is 46.2 Å². The van der Waals surface area contributed by atoms with Gasteiger partial charge >= 0.3 is 5.97 Å². The summed E-state index contributed by atoms with van der Waals surface area (Å²) in [6.45, 7) is 7.34. The third-order valence-corrected chi connectivity index (χ3v) is 4.88. The quantitative estimate of drug-likeness (QED) is 0.680. The number of hydrogen-bond acceptors (Lipinski definition) is 4. The SMILES string of the molecule is CC[C@@H](C)[C@H](C(=O)N[C@@H](CC(C)C)C(=O)O)N1C(=O)c2ccccc2C1=O. The van der Waals surface area contributed by atoms with Crippen LogP contribution in [0.3, 0.4) is 0 Å². The van der Waals surface area contributed by atoms with Crippen LogP contribution in [-0.2, 0) is 9.59 Å². The van der Waals surface area contributed by atoms with Gasteiger partial charge in [-0.2, -0.15) is 0 Å². The fourth-order valence-corrected chi connectivity index (χ4v) is 3.26. The van der Waals surface area contributed by atoms with E-state index in [1.807, 2.05) is 20.8 Å². The second kappa shape index (κ2) is 8.33. The molecular weight excluding hydrogens is 348 g/mol. The average Bonchev–Trinajstić information content (AvgIpc) is 2.86. The largest absolute Gasteiger partial charge is 0.480 e. The lowest BCUT2D eigenvalue weighted by Crippen LogP contribution is -2.56. The van der Waals surface area contributed by atoms with Crippen molar-refractivity contribution >= 4 is 23.7 Å². The Morgan fingerprint density at radius 1 is 1.07 bits per heavy atom. The number of aliphatic carboxylic acids is 1. The standard InChI is InChI=1S/C20H26N2O5/c1-5-12(4)16(17(23)21-15(20(26)27)10-11(2)3)22-18(24)13-8-6-7-9-14(13)19(22)25/h6-9,11-12,15-16H,5,10H2,1-4H3,(H,21,23)(H,26,27)/t12-,15+,16-/m1/s1. The zero-order valence-electron chi connectivity index (χ0n) is 16.1. The van der Waals surface area contributed by atoms with Gasteiger partial charge in [-0.3, -0.25) is 19.3 Å². The van der Waals surface area contributed by atoms with Gasteiger partial charge in [0.1, 0.15) is 12.1 Å². The lowest BCUT2D eigenvalue weighted by Gasteiger charge is -2.31. The number of amides is 3. The van der Waals surface area contributed by atoms with E-state index in [4.69, 9.17) is 0 Å². The summed E-state index contributed by atoms with van der Waals surface area (Å²) in [7, 11) is 0. The number of nitrogens with one attached hydrogen (secondary N) is 1. The fraction of sp³-hybridized carbons (Fsp3) is 0.500. The Labute approximate surface area is 158 Å². The molecule has 0 saturated carbocycles. The molecule has 0 saturated heterocycles. The first kappa shape index (κ1) is 20.6. The van der Waals surface area contributed by atoms with Gasteiger partial charge in [0.2, 0.25) is 5.91 Å². The van der Waals surface area contributed by atoms with Crippen LogP contribution in [0.15, 0.2) is 24.3 Å². The molecule has 1 aromatic rings. The Hall–Kier alpha value is -2.70. The summed E-state index contributed by atoms with van der Waals surface area (Å²) in [5.74, 6) is -3.05. The summed E-state index contributed by atoms with van der Waals surface area (Å²) in [4.78, 5) is 51.0. The van der Waals surface area contributed by atoms with Crippen molar-refractivity contribution in [2.75, 3.05) is 0 Å². The van der Waals surface area contributed by atoms with Gasteiger partial charge in [-0.25, -0.2) is 4.79 Å². The van der Waals surface area contributed by atoms with Crippen LogP contribution in [0.4, 0.5) is 0 Å². The molecule has 27 heavy (non-hydrogen) atoms. The van der Waals surface area contributed by atoms with Gasteiger partial charge in [0, 0.05) is 0 Å².